The third-order valence-electron chi connectivity index (χ3n) is 3.51. The van der Waals surface area contributed by atoms with Gasteiger partial charge in [-0.25, -0.2) is 0 Å². The molecule has 0 atom stereocenters. The first-order valence-electron chi connectivity index (χ1n) is 6.22. The van der Waals surface area contributed by atoms with Crippen molar-refractivity contribution >= 4 is 39.1 Å². The number of thiophene rings is 1. The summed E-state index contributed by atoms with van der Waals surface area (Å²) in [7, 11) is 0. The van der Waals surface area contributed by atoms with E-state index in [4.69, 9.17) is 5.11 Å². The maximum atomic E-state index is 12.2. The molecule has 0 unspecified atom stereocenters. The summed E-state index contributed by atoms with van der Waals surface area (Å²) in [5, 5.41) is 12.0. The zero-order chi connectivity index (χ0) is 14.0. The molecule has 6 heteroatoms. The van der Waals surface area contributed by atoms with Crippen molar-refractivity contribution in [1.82, 2.24) is 5.32 Å². The van der Waals surface area contributed by atoms with Gasteiger partial charge in [0, 0.05) is 0 Å². The Bertz CT molecular complexity index is 486. The van der Waals surface area contributed by atoms with E-state index < -0.39 is 11.5 Å². The summed E-state index contributed by atoms with van der Waals surface area (Å²) in [6.07, 6.45) is 3.44. The van der Waals surface area contributed by atoms with Crippen LogP contribution in [0.1, 0.15) is 47.3 Å². The van der Waals surface area contributed by atoms with Gasteiger partial charge in [0.1, 0.15) is 0 Å². The number of carboxylic acids is 1. The molecule has 2 rings (SSSR count). The van der Waals surface area contributed by atoms with Gasteiger partial charge in [0.2, 0.25) is 0 Å². The fraction of sp³-hybridized carbons (Fsp3) is 0.538. The third-order valence-corrected chi connectivity index (χ3v) is 5.65. The number of amides is 1. The summed E-state index contributed by atoms with van der Waals surface area (Å²) in [5.74, 6) is -1.02. The number of aliphatic carboxylic acids is 1. The van der Waals surface area contributed by atoms with E-state index in [1.54, 1.807) is 0 Å². The third kappa shape index (κ3) is 3.36. The lowest BCUT2D eigenvalue weighted by Crippen LogP contribution is -2.47. The first kappa shape index (κ1) is 14.5. The van der Waals surface area contributed by atoms with Crippen molar-refractivity contribution in [2.24, 2.45) is 0 Å². The van der Waals surface area contributed by atoms with Gasteiger partial charge in [-0.2, -0.15) is 0 Å². The van der Waals surface area contributed by atoms with Gasteiger partial charge in [0.25, 0.3) is 5.91 Å². The van der Waals surface area contributed by atoms with Crippen LogP contribution in [0, 0.1) is 6.92 Å². The van der Waals surface area contributed by atoms with Crippen molar-refractivity contribution < 1.29 is 14.7 Å². The van der Waals surface area contributed by atoms with Crippen molar-refractivity contribution in [2.45, 2.75) is 44.6 Å². The molecule has 0 aliphatic heterocycles. The smallest absolute Gasteiger partial charge is 0.305 e. The van der Waals surface area contributed by atoms with E-state index in [0.29, 0.717) is 4.88 Å². The van der Waals surface area contributed by atoms with Crippen LogP contribution < -0.4 is 5.32 Å². The number of hydrogen-bond acceptors (Lipinski definition) is 3. The number of carbonyl (C=O) groups excluding carboxylic acids is 1. The molecule has 1 saturated carbocycles. The Hall–Kier alpha value is -0.880. The first-order chi connectivity index (χ1) is 8.92. The molecule has 19 heavy (non-hydrogen) atoms. The first-order valence-corrected chi connectivity index (χ1v) is 7.83. The van der Waals surface area contributed by atoms with Gasteiger partial charge in [-0.1, -0.05) is 12.8 Å². The van der Waals surface area contributed by atoms with Crippen LogP contribution in [0.15, 0.2) is 9.85 Å². The molecular weight excluding hydrogens is 330 g/mol. The van der Waals surface area contributed by atoms with Gasteiger partial charge in [-0.05, 0) is 47.3 Å². The maximum Gasteiger partial charge on any atom is 0.305 e. The number of carbonyl (C=O) groups is 2. The fourth-order valence-electron chi connectivity index (χ4n) is 2.56. The van der Waals surface area contributed by atoms with Crippen LogP contribution in [0.4, 0.5) is 0 Å². The molecular formula is C13H16BrNO3S. The average molecular weight is 346 g/mol. The van der Waals surface area contributed by atoms with E-state index in [1.807, 2.05) is 13.0 Å². The highest BCUT2D eigenvalue weighted by molar-refractivity contribution is 9.11. The van der Waals surface area contributed by atoms with E-state index >= 15 is 0 Å². The highest BCUT2D eigenvalue weighted by atomic mass is 79.9. The fourth-order valence-corrected chi connectivity index (χ4v) is 3.99. The van der Waals surface area contributed by atoms with E-state index in [1.165, 1.54) is 11.3 Å². The monoisotopic (exact) mass is 345 g/mol. The number of aryl methyl sites for hydroxylation is 1. The van der Waals surface area contributed by atoms with Crippen LogP contribution in [0.3, 0.4) is 0 Å². The zero-order valence-electron chi connectivity index (χ0n) is 10.7. The Morgan fingerprint density at radius 2 is 2.11 bits per heavy atom. The summed E-state index contributed by atoms with van der Waals surface area (Å²) in [6.45, 7) is 1.93. The van der Waals surface area contributed by atoms with Crippen LogP contribution in [0.25, 0.3) is 0 Å². The van der Waals surface area contributed by atoms with Gasteiger partial charge in [-0.15, -0.1) is 11.3 Å². The summed E-state index contributed by atoms with van der Waals surface area (Å²) in [5.41, 5.74) is 0.460. The van der Waals surface area contributed by atoms with Crippen LogP contribution in [-0.4, -0.2) is 22.5 Å². The van der Waals surface area contributed by atoms with E-state index in [0.717, 1.165) is 35.0 Å². The maximum absolute atomic E-state index is 12.2. The zero-order valence-corrected chi connectivity index (χ0v) is 13.1. The summed E-state index contributed by atoms with van der Waals surface area (Å²) in [6, 6.07) is 1.83. The molecule has 2 N–H and O–H groups in total. The molecule has 1 fully saturated rings. The highest BCUT2D eigenvalue weighted by Crippen LogP contribution is 2.34. The Morgan fingerprint density at radius 3 is 2.58 bits per heavy atom. The summed E-state index contributed by atoms with van der Waals surface area (Å²) >= 11 is 4.78. The molecule has 4 nitrogen and oxygen atoms in total. The Labute approximate surface area is 124 Å². The lowest BCUT2D eigenvalue weighted by molar-refractivity contribution is -0.138. The van der Waals surface area contributed by atoms with Crippen LogP contribution in [-0.2, 0) is 4.79 Å². The molecule has 0 bridgehead atoms. The second kappa shape index (κ2) is 5.63. The minimum atomic E-state index is -0.856. The van der Waals surface area contributed by atoms with Crippen molar-refractivity contribution in [3.8, 4) is 0 Å². The van der Waals surface area contributed by atoms with Crippen molar-refractivity contribution in [3.05, 3.63) is 20.3 Å². The summed E-state index contributed by atoms with van der Waals surface area (Å²) < 4.78 is 0.941. The minimum absolute atomic E-state index is 0.00423. The molecule has 1 amide bonds. The molecule has 0 spiro atoms. The quantitative estimate of drug-likeness (QED) is 0.879. The predicted octanol–water partition coefficient (Wildman–Crippen LogP) is 3.34. The van der Waals surface area contributed by atoms with Crippen molar-refractivity contribution in [2.75, 3.05) is 0 Å². The Morgan fingerprint density at radius 1 is 1.47 bits per heavy atom. The van der Waals surface area contributed by atoms with Gasteiger partial charge in [0.15, 0.2) is 0 Å². The molecule has 1 heterocycles. The van der Waals surface area contributed by atoms with Gasteiger partial charge >= 0.3 is 5.97 Å². The van der Waals surface area contributed by atoms with Crippen LogP contribution in [0.2, 0.25) is 0 Å². The number of nitrogens with one attached hydrogen (secondary N) is 1. The van der Waals surface area contributed by atoms with E-state index in [-0.39, 0.29) is 12.3 Å². The van der Waals surface area contributed by atoms with Crippen molar-refractivity contribution in [1.29, 1.82) is 0 Å². The molecule has 1 aromatic rings. The molecule has 0 saturated heterocycles. The average Bonchev–Trinajstić information content (AvgIpc) is 2.87. The molecule has 0 aromatic carbocycles. The van der Waals surface area contributed by atoms with Gasteiger partial charge in [-0.3, -0.25) is 9.59 Å². The van der Waals surface area contributed by atoms with Gasteiger partial charge in [0.05, 0.1) is 20.6 Å². The molecule has 104 valence electrons. The second-order valence-electron chi connectivity index (χ2n) is 5.08. The Balaban J connectivity index is 2.13. The largest absolute Gasteiger partial charge is 0.481 e. The van der Waals surface area contributed by atoms with E-state index in [9.17, 15) is 9.59 Å². The molecule has 0 radical (unpaired) electrons. The number of hydrogen-bond donors (Lipinski definition) is 2. The number of carboxylic acid groups (broad SMARTS) is 1. The normalized spacial score (nSPS) is 17.4. The lowest BCUT2D eigenvalue weighted by atomic mass is 9.93. The molecule has 1 aromatic heterocycles. The lowest BCUT2D eigenvalue weighted by Gasteiger charge is -2.28. The van der Waals surface area contributed by atoms with Crippen molar-refractivity contribution in [3.63, 3.8) is 0 Å². The SMILES string of the molecule is Cc1cc(C(=O)NC2(CC(=O)O)CCCC2)sc1Br. The second-order valence-corrected chi connectivity index (χ2v) is 7.45. The van der Waals surface area contributed by atoms with Crippen LogP contribution in [0.5, 0.6) is 0 Å². The minimum Gasteiger partial charge on any atom is -0.481 e. The highest BCUT2D eigenvalue weighted by Gasteiger charge is 2.37. The van der Waals surface area contributed by atoms with Crippen LogP contribution >= 0.6 is 27.3 Å². The van der Waals surface area contributed by atoms with Gasteiger partial charge < -0.3 is 10.4 Å². The summed E-state index contributed by atoms with van der Waals surface area (Å²) in [4.78, 5) is 23.8. The molecule has 1 aliphatic carbocycles. The predicted molar refractivity (Wildman–Crippen MR) is 77.7 cm³/mol. The number of halogens is 1. The standard InChI is InChI=1S/C13H16BrNO3S/c1-8-6-9(19-11(8)14)12(18)15-13(7-10(16)17)4-2-3-5-13/h6H,2-5,7H2,1H3,(H,15,18)(H,16,17). The molecule has 1 aliphatic rings. The number of rotatable bonds is 4. The van der Waals surface area contributed by atoms with E-state index in [2.05, 4.69) is 21.2 Å². The Kier molecular flexibility index (Phi) is 4.30. The topological polar surface area (TPSA) is 66.4 Å².